The van der Waals surface area contributed by atoms with Crippen molar-refractivity contribution in [2.24, 2.45) is 0 Å². The van der Waals surface area contributed by atoms with Crippen molar-refractivity contribution in [3.63, 3.8) is 0 Å². The molecule has 1 unspecified atom stereocenters. The lowest BCUT2D eigenvalue weighted by Gasteiger charge is -2.15. The van der Waals surface area contributed by atoms with Gasteiger partial charge in [0.2, 0.25) is 6.29 Å². The molecule has 0 aliphatic heterocycles. The molecule has 3 nitrogen and oxygen atoms in total. The van der Waals surface area contributed by atoms with Crippen LogP contribution in [-0.4, -0.2) is 18.9 Å². The molecular weight excluding hydrogens is 252 g/mol. The zero-order valence-corrected chi connectivity index (χ0v) is 13.8. The van der Waals surface area contributed by atoms with Crippen LogP contribution in [-0.2, 0) is 14.3 Å². The Bertz CT molecular complexity index is 216. The lowest BCUT2D eigenvalue weighted by atomic mass is 10.1. The number of hydrogen-bond acceptors (Lipinski definition) is 3. The Balaban J connectivity index is 3.34. The first-order valence-electron chi connectivity index (χ1n) is 8.55. The van der Waals surface area contributed by atoms with Crippen LogP contribution < -0.4 is 0 Å². The third kappa shape index (κ3) is 12.5. The quantitative estimate of drug-likeness (QED) is 0.249. The Labute approximate surface area is 125 Å². The topological polar surface area (TPSA) is 35.5 Å². The van der Waals surface area contributed by atoms with E-state index in [0.29, 0.717) is 13.0 Å². The van der Waals surface area contributed by atoms with E-state index in [2.05, 4.69) is 6.92 Å². The molecule has 0 saturated carbocycles. The summed E-state index contributed by atoms with van der Waals surface area (Å²) < 4.78 is 10.6. The van der Waals surface area contributed by atoms with Crippen molar-refractivity contribution in [2.45, 2.75) is 97.7 Å². The normalized spacial score (nSPS) is 12.3. The van der Waals surface area contributed by atoms with Crippen LogP contribution in [0.25, 0.3) is 0 Å². The monoisotopic (exact) mass is 286 g/mol. The van der Waals surface area contributed by atoms with Crippen molar-refractivity contribution < 1.29 is 14.3 Å². The van der Waals surface area contributed by atoms with Gasteiger partial charge in [0.25, 0.3) is 0 Å². The fourth-order valence-corrected chi connectivity index (χ4v) is 2.21. The summed E-state index contributed by atoms with van der Waals surface area (Å²) in [5, 5.41) is 0. The van der Waals surface area contributed by atoms with E-state index in [1.807, 2.05) is 13.8 Å². The zero-order valence-electron chi connectivity index (χ0n) is 13.8. The van der Waals surface area contributed by atoms with Gasteiger partial charge in [-0.1, -0.05) is 65.2 Å². The van der Waals surface area contributed by atoms with Crippen LogP contribution in [0, 0.1) is 0 Å². The van der Waals surface area contributed by atoms with Crippen LogP contribution in [0.4, 0.5) is 0 Å². The summed E-state index contributed by atoms with van der Waals surface area (Å²) in [5.74, 6) is -0.117. The van der Waals surface area contributed by atoms with Gasteiger partial charge in [0.1, 0.15) is 0 Å². The maximum Gasteiger partial charge on any atom is 0.308 e. The second-order valence-corrected chi connectivity index (χ2v) is 5.36. The molecule has 0 aromatic heterocycles. The van der Waals surface area contributed by atoms with E-state index in [-0.39, 0.29) is 12.3 Å². The van der Waals surface area contributed by atoms with Gasteiger partial charge in [0.05, 0.1) is 0 Å². The molecule has 0 aromatic carbocycles. The second kappa shape index (κ2) is 14.8. The lowest BCUT2D eigenvalue weighted by molar-refractivity contribution is -0.178. The zero-order chi connectivity index (χ0) is 15.1. The summed E-state index contributed by atoms with van der Waals surface area (Å²) in [6, 6.07) is 0. The number of hydrogen-bond donors (Lipinski definition) is 0. The minimum Gasteiger partial charge on any atom is -0.436 e. The van der Waals surface area contributed by atoms with E-state index >= 15 is 0 Å². The molecule has 0 fully saturated rings. The fraction of sp³-hybridized carbons (Fsp3) is 0.941. The molecule has 1 atom stereocenters. The van der Waals surface area contributed by atoms with Gasteiger partial charge in [0, 0.05) is 19.4 Å². The van der Waals surface area contributed by atoms with Crippen molar-refractivity contribution in [2.75, 3.05) is 6.61 Å². The third-order valence-electron chi connectivity index (χ3n) is 3.43. The number of esters is 1. The summed E-state index contributed by atoms with van der Waals surface area (Å²) >= 11 is 0. The summed E-state index contributed by atoms with van der Waals surface area (Å²) in [6.45, 7) is 6.71. The highest BCUT2D eigenvalue weighted by molar-refractivity contribution is 5.69. The van der Waals surface area contributed by atoms with Gasteiger partial charge in [-0.15, -0.1) is 0 Å². The average molecular weight is 286 g/mol. The first-order chi connectivity index (χ1) is 9.74. The van der Waals surface area contributed by atoms with Crippen LogP contribution in [0.1, 0.15) is 91.4 Å². The number of rotatable bonds is 14. The molecule has 20 heavy (non-hydrogen) atoms. The average Bonchev–Trinajstić information content (AvgIpc) is 2.45. The third-order valence-corrected chi connectivity index (χ3v) is 3.43. The summed E-state index contributed by atoms with van der Waals surface area (Å²) in [4.78, 5) is 11.6. The van der Waals surface area contributed by atoms with Crippen LogP contribution >= 0.6 is 0 Å². The predicted molar refractivity (Wildman–Crippen MR) is 83.6 cm³/mol. The minimum atomic E-state index is -0.355. The van der Waals surface area contributed by atoms with Gasteiger partial charge in [-0.05, 0) is 13.3 Å². The fourth-order valence-electron chi connectivity index (χ4n) is 2.21. The molecule has 0 amide bonds. The van der Waals surface area contributed by atoms with Crippen LogP contribution in [0.5, 0.6) is 0 Å². The number of ether oxygens (including phenoxy) is 2. The highest BCUT2D eigenvalue weighted by Crippen LogP contribution is 2.11. The SMILES string of the molecule is CCCCCCCCCCCC(=O)OC(CC)OCC. The predicted octanol–water partition coefficient (Wildman–Crippen LogP) is 5.22. The lowest BCUT2D eigenvalue weighted by Crippen LogP contribution is -2.20. The van der Waals surface area contributed by atoms with Gasteiger partial charge in [-0.2, -0.15) is 0 Å². The Hall–Kier alpha value is -0.570. The molecule has 120 valence electrons. The van der Waals surface area contributed by atoms with E-state index in [0.717, 1.165) is 19.3 Å². The molecule has 0 aliphatic rings. The Morgan fingerprint density at radius 2 is 1.40 bits per heavy atom. The molecular formula is C17H34O3. The van der Waals surface area contributed by atoms with E-state index in [1.165, 1.54) is 44.9 Å². The van der Waals surface area contributed by atoms with Crippen LogP contribution in [0.2, 0.25) is 0 Å². The maximum absolute atomic E-state index is 11.6. The molecule has 0 spiro atoms. The van der Waals surface area contributed by atoms with Gasteiger partial charge in [-0.25, -0.2) is 0 Å². The minimum absolute atomic E-state index is 0.117. The van der Waals surface area contributed by atoms with Gasteiger partial charge >= 0.3 is 5.97 Å². The first kappa shape index (κ1) is 19.4. The first-order valence-corrected chi connectivity index (χ1v) is 8.55. The summed E-state index contributed by atoms with van der Waals surface area (Å²) in [7, 11) is 0. The van der Waals surface area contributed by atoms with Crippen molar-refractivity contribution in [3.05, 3.63) is 0 Å². The molecule has 0 saturated heterocycles. The number of carbonyl (C=O) groups excluding carboxylic acids is 1. The van der Waals surface area contributed by atoms with Crippen molar-refractivity contribution in [1.82, 2.24) is 0 Å². The molecule has 3 heteroatoms. The molecule has 0 bridgehead atoms. The van der Waals surface area contributed by atoms with E-state index in [1.54, 1.807) is 0 Å². The van der Waals surface area contributed by atoms with E-state index in [9.17, 15) is 4.79 Å². The number of carbonyl (C=O) groups is 1. The van der Waals surface area contributed by atoms with Gasteiger partial charge in [0.15, 0.2) is 0 Å². The number of unbranched alkanes of at least 4 members (excludes halogenated alkanes) is 8. The van der Waals surface area contributed by atoms with E-state index < -0.39 is 0 Å². The largest absolute Gasteiger partial charge is 0.436 e. The van der Waals surface area contributed by atoms with Gasteiger partial charge in [-0.3, -0.25) is 4.79 Å². The summed E-state index contributed by atoms with van der Waals surface area (Å²) in [6.07, 6.45) is 12.3. The van der Waals surface area contributed by atoms with Crippen molar-refractivity contribution in [3.8, 4) is 0 Å². The van der Waals surface area contributed by atoms with Gasteiger partial charge < -0.3 is 9.47 Å². The molecule has 0 aromatic rings. The summed E-state index contributed by atoms with van der Waals surface area (Å²) in [5.41, 5.74) is 0. The van der Waals surface area contributed by atoms with Crippen LogP contribution in [0.15, 0.2) is 0 Å². The van der Waals surface area contributed by atoms with Crippen LogP contribution in [0.3, 0.4) is 0 Å². The van der Waals surface area contributed by atoms with Crippen molar-refractivity contribution in [1.29, 1.82) is 0 Å². The molecule has 0 N–H and O–H groups in total. The Kier molecular flexibility index (Phi) is 14.4. The second-order valence-electron chi connectivity index (χ2n) is 5.36. The molecule has 0 aliphatic carbocycles. The highest BCUT2D eigenvalue weighted by Gasteiger charge is 2.11. The smallest absolute Gasteiger partial charge is 0.308 e. The Morgan fingerprint density at radius 1 is 0.850 bits per heavy atom. The molecule has 0 rings (SSSR count). The maximum atomic E-state index is 11.6. The standard InChI is InChI=1S/C17H34O3/c1-4-7-8-9-10-11-12-13-14-15-16(18)20-17(5-2)19-6-3/h17H,4-15H2,1-3H3. The molecule has 0 heterocycles. The Morgan fingerprint density at radius 3 is 1.90 bits per heavy atom. The molecule has 0 radical (unpaired) electrons. The van der Waals surface area contributed by atoms with Crippen molar-refractivity contribution >= 4 is 5.97 Å². The van der Waals surface area contributed by atoms with E-state index in [4.69, 9.17) is 9.47 Å². The highest BCUT2D eigenvalue weighted by atomic mass is 16.7.